The maximum absolute atomic E-state index is 11.6. The van der Waals surface area contributed by atoms with Gasteiger partial charge in [-0.1, -0.05) is 35.9 Å². The first-order chi connectivity index (χ1) is 13.6. The van der Waals surface area contributed by atoms with Gasteiger partial charge < -0.3 is 25.2 Å². The van der Waals surface area contributed by atoms with Crippen LogP contribution < -0.4 is 0 Å². The molecule has 7 nitrogen and oxygen atoms in total. The van der Waals surface area contributed by atoms with Gasteiger partial charge in [-0.25, -0.2) is 8.42 Å². The molecule has 1 aliphatic heterocycles. The van der Waals surface area contributed by atoms with Crippen LogP contribution in [0.4, 0.5) is 0 Å². The average Bonchev–Trinajstić information content (AvgIpc) is 2.68. The van der Waals surface area contributed by atoms with Crippen molar-refractivity contribution < 1.29 is 33.6 Å². The third kappa shape index (κ3) is 4.80. The van der Waals surface area contributed by atoms with Crippen molar-refractivity contribution in [2.75, 3.05) is 12.9 Å². The highest BCUT2D eigenvalue weighted by molar-refractivity contribution is 7.90. The molecule has 0 saturated carbocycles. The van der Waals surface area contributed by atoms with Crippen molar-refractivity contribution in [3.8, 4) is 0 Å². The summed E-state index contributed by atoms with van der Waals surface area (Å²) in [6.45, 7) is -0.505. The van der Waals surface area contributed by atoms with E-state index < -0.39 is 47.0 Å². The lowest BCUT2D eigenvalue weighted by molar-refractivity contribution is -0.231. The molecule has 2 aromatic rings. The molecule has 0 spiro atoms. The molecule has 9 heteroatoms. The minimum atomic E-state index is -3.28. The third-order valence-electron chi connectivity index (χ3n) is 5.04. The van der Waals surface area contributed by atoms with Crippen LogP contribution in [0, 0.1) is 0 Å². The van der Waals surface area contributed by atoms with E-state index in [1.54, 1.807) is 30.3 Å². The molecule has 158 valence electrons. The third-order valence-corrected chi connectivity index (χ3v) is 6.53. The van der Waals surface area contributed by atoms with Crippen molar-refractivity contribution in [3.05, 3.63) is 64.2 Å². The van der Waals surface area contributed by atoms with Gasteiger partial charge in [0, 0.05) is 11.3 Å². The monoisotopic (exact) mass is 442 g/mol. The standard InChI is InChI=1S/C20H23ClO7S/c1-29(26,27)14-5-2-11(3-6-14)8-13-9-12(4-7-15(13)21)20-19(25)18(24)17(23)16(10-22)28-20/h2-7,9,16-20,22-25H,8,10H2,1H3/t16-,17-,18+,19-,20+/m1/s1. The highest BCUT2D eigenvalue weighted by Crippen LogP contribution is 2.34. The zero-order valence-electron chi connectivity index (χ0n) is 15.6. The van der Waals surface area contributed by atoms with E-state index in [2.05, 4.69) is 0 Å². The van der Waals surface area contributed by atoms with E-state index in [1.165, 1.54) is 12.1 Å². The van der Waals surface area contributed by atoms with Crippen LogP contribution in [-0.4, -0.2) is 66.1 Å². The summed E-state index contributed by atoms with van der Waals surface area (Å²) in [5.41, 5.74) is 2.09. The maximum atomic E-state index is 11.6. The van der Waals surface area contributed by atoms with Crippen LogP contribution in [0.25, 0.3) is 0 Å². The number of hydrogen-bond donors (Lipinski definition) is 4. The second-order valence-electron chi connectivity index (χ2n) is 7.19. The van der Waals surface area contributed by atoms with Crippen molar-refractivity contribution in [2.24, 2.45) is 0 Å². The van der Waals surface area contributed by atoms with Crippen LogP contribution in [0.2, 0.25) is 5.02 Å². The van der Waals surface area contributed by atoms with Gasteiger partial charge in [0.25, 0.3) is 0 Å². The molecule has 1 heterocycles. The van der Waals surface area contributed by atoms with Gasteiger partial charge in [0.15, 0.2) is 9.84 Å². The molecular formula is C20H23ClO7S. The number of aliphatic hydroxyl groups is 4. The van der Waals surface area contributed by atoms with Gasteiger partial charge in [0.2, 0.25) is 0 Å². The summed E-state index contributed by atoms with van der Waals surface area (Å²) in [6.07, 6.45) is -4.66. The quantitative estimate of drug-likeness (QED) is 0.541. The van der Waals surface area contributed by atoms with Crippen LogP contribution in [0.5, 0.6) is 0 Å². The molecule has 0 bridgehead atoms. The molecule has 3 rings (SSSR count). The zero-order valence-corrected chi connectivity index (χ0v) is 17.2. The maximum Gasteiger partial charge on any atom is 0.175 e. The van der Waals surface area contributed by atoms with Gasteiger partial charge >= 0.3 is 0 Å². The number of benzene rings is 2. The number of sulfone groups is 1. The Morgan fingerprint density at radius 1 is 1.00 bits per heavy atom. The van der Waals surface area contributed by atoms with Crippen LogP contribution in [-0.2, 0) is 21.0 Å². The molecule has 1 fully saturated rings. The fourth-order valence-corrected chi connectivity index (χ4v) is 4.17. The van der Waals surface area contributed by atoms with Gasteiger partial charge in [-0.3, -0.25) is 0 Å². The van der Waals surface area contributed by atoms with Crippen LogP contribution >= 0.6 is 11.6 Å². The first kappa shape index (κ1) is 22.2. The predicted octanol–water partition coefficient (Wildman–Crippen LogP) is 0.849. The van der Waals surface area contributed by atoms with Gasteiger partial charge in [0.05, 0.1) is 11.5 Å². The Labute approximate surface area is 174 Å². The lowest BCUT2D eigenvalue weighted by Crippen LogP contribution is -2.55. The molecule has 0 aromatic heterocycles. The second-order valence-corrected chi connectivity index (χ2v) is 9.62. The van der Waals surface area contributed by atoms with Crippen molar-refractivity contribution in [2.45, 2.75) is 41.8 Å². The number of halogens is 1. The Kier molecular flexibility index (Phi) is 6.64. The predicted molar refractivity (Wildman–Crippen MR) is 107 cm³/mol. The van der Waals surface area contributed by atoms with Gasteiger partial charge in [0.1, 0.15) is 30.5 Å². The van der Waals surface area contributed by atoms with E-state index in [0.29, 0.717) is 22.6 Å². The summed E-state index contributed by atoms with van der Waals surface area (Å²) in [5.74, 6) is 0. The van der Waals surface area contributed by atoms with E-state index in [4.69, 9.17) is 16.3 Å². The fraction of sp³-hybridized carbons (Fsp3) is 0.400. The first-order valence-corrected chi connectivity index (χ1v) is 11.3. The summed E-state index contributed by atoms with van der Waals surface area (Å²) in [6, 6.07) is 11.5. The molecule has 0 unspecified atom stereocenters. The largest absolute Gasteiger partial charge is 0.394 e. The fourth-order valence-electron chi connectivity index (χ4n) is 3.36. The van der Waals surface area contributed by atoms with E-state index >= 15 is 0 Å². The normalized spacial score (nSPS) is 27.7. The number of aliphatic hydroxyl groups excluding tert-OH is 4. The topological polar surface area (TPSA) is 124 Å². The summed E-state index contributed by atoms with van der Waals surface area (Å²) in [7, 11) is -3.28. The highest BCUT2D eigenvalue weighted by atomic mass is 35.5. The Morgan fingerprint density at radius 2 is 1.66 bits per heavy atom. The second kappa shape index (κ2) is 8.69. The molecule has 1 saturated heterocycles. The number of ether oxygens (including phenoxy) is 1. The highest BCUT2D eigenvalue weighted by Gasteiger charge is 2.44. The van der Waals surface area contributed by atoms with Crippen molar-refractivity contribution in [1.29, 1.82) is 0 Å². The minimum Gasteiger partial charge on any atom is -0.394 e. The van der Waals surface area contributed by atoms with Crippen molar-refractivity contribution in [3.63, 3.8) is 0 Å². The average molecular weight is 443 g/mol. The summed E-state index contributed by atoms with van der Waals surface area (Å²) in [5, 5.41) is 40.1. The zero-order chi connectivity index (χ0) is 21.3. The Bertz CT molecular complexity index is 959. The van der Waals surface area contributed by atoms with Gasteiger partial charge in [-0.15, -0.1) is 0 Å². The molecule has 5 atom stereocenters. The summed E-state index contributed by atoms with van der Waals surface area (Å²) in [4.78, 5) is 0.224. The molecular weight excluding hydrogens is 420 g/mol. The minimum absolute atomic E-state index is 0.224. The molecule has 0 aliphatic carbocycles. The summed E-state index contributed by atoms with van der Waals surface area (Å²) >= 11 is 6.30. The molecule has 0 amide bonds. The van der Waals surface area contributed by atoms with Gasteiger partial charge in [-0.2, -0.15) is 0 Å². The Hall–Kier alpha value is -1.52. The SMILES string of the molecule is CS(=O)(=O)c1ccc(Cc2cc([C@@H]3O[C@H](CO)[C@@H](O)[C@H](O)[C@H]3O)ccc2Cl)cc1. The van der Waals surface area contributed by atoms with E-state index in [0.717, 1.165) is 11.8 Å². The van der Waals surface area contributed by atoms with Crippen LogP contribution in [0.15, 0.2) is 47.4 Å². The Morgan fingerprint density at radius 3 is 2.24 bits per heavy atom. The van der Waals surface area contributed by atoms with E-state index in [1.807, 2.05) is 0 Å². The van der Waals surface area contributed by atoms with Gasteiger partial charge in [-0.05, 0) is 41.3 Å². The summed E-state index contributed by atoms with van der Waals surface area (Å²) < 4.78 is 28.8. The smallest absolute Gasteiger partial charge is 0.175 e. The Balaban J connectivity index is 1.86. The van der Waals surface area contributed by atoms with Crippen molar-refractivity contribution >= 4 is 21.4 Å². The van der Waals surface area contributed by atoms with Crippen LogP contribution in [0.3, 0.4) is 0 Å². The van der Waals surface area contributed by atoms with E-state index in [9.17, 15) is 28.8 Å². The molecule has 29 heavy (non-hydrogen) atoms. The molecule has 0 radical (unpaired) electrons. The molecule has 4 N–H and O–H groups in total. The van der Waals surface area contributed by atoms with Crippen molar-refractivity contribution in [1.82, 2.24) is 0 Å². The molecule has 2 aromatic carbocycles. The molecule has 1 aliphatic rings. The lowest BCUT2D eigenvalue weighted by Gasteiger charge is -2.40. The first-order valence-electron chi connectivity index (χ1n) is 8.99. The number of rotatable bonds is 5. The number of hydrogen-bond acceptors (Lipinski definition) is 7. The lowest BCUT2D eigenvalue weighted by atomic mass is 9.90. The van der Waals surface area contributed by atoms with Crippen LogP contribution in [0.1, 0.15) is 22.8 Å². The van der Waals surface area contributed by atoms with E-state index in [-0.39, 0.29) is 4.90 Å².